The number of halogens is 1. The van der Waals surface area contributed by atoms with Gasteiger partial charge in [-0.3, -0.25) is 0 Å². The molecule has 1 atom stereocenters. The van der Waals surface area contributed by atoms with E-state index >= 15 is 0 Å². The smallest absolute Gasteiger partial charge is 0.226 e. The molecule has 136 valence electrons. The zero-order chi connectivity index (χ0) is 17.9. The number of hydrogen-bond acceptors (Lipinski definition) is 5. The number of aromatic nitrogens is 2. The van der Waals surface area contributed by atoms with Crippen molar-refractivity contribution in [2.24, 2.45) is 0 Å². The van der Waals surface area contributed by atoms with Gasteiger partial charge in [-0.05, 0) is 56.5 Å². The monoisotopic (exact) mass is 354 g/mol. The van der Waals surface area contributed by atoms with Crippen LogP contribution < -0.4 is 10.2 Å². The molecule has 6 heteroatoms. The van der Waals surface area contributed by atoms with Gasteiger partial charge in [0.05, 0.1) is 24.0 Å². The molecule has 1 fully saturated rings. The molecule has 0 spiro atoms. The summed E-state index contributed by atoms with van der Waals surface area (Å²) in [5.41, 5.74) is 1.62. The summed E-state index contributed by atoms with van der Waals surface area (Å²) in [4.78, 5) is 11.5. The van der Waals surface area contributed by atoms with E-state index in [0.717, 1.165) is 67.2 Å². The predicted molar refractivity (Wildman–Crippen MR) is 99.6 cm³/mol. The topological polar surface area (TPSA) is 54.2 Å². The zero-order valence-electron chi connectivity index (χ0n) is 14.9. The number of fused-ring (bicyclic) bond motifs is 1. The molecule has 1 saturated heterocycles. The van der Waals surface area contributed by atoms with Gasteiger partial charge in [-0.15, -0.1) is 0 Å². The maximum Gasteiger partial charge on any atom is 0.226 e. The van der Waals surface area contributed by atoms with E-state index in [0.29, 0.717) is 6.04 Å². The zero-order valence-corrected chi connectivity index (χ0v) is 14.9. The minimum absolute atomic E-state index is 0.253. The summed E-state index contributed by atoms with van der Waals surface area (Å²) in [6.45, 7) is 4.51. The Hall–Kier alpha value is -2.47. The summed E-state index contributed by atoms with van der Waals surface area (Å²) >= 11 is 0. The Labute approximate surface area is 152 Å². The summed E-state index contributed by atoms with van der Waals surface area (Å²) in [7, 11) is 0. The van der Waals surface area contributed by atoms with Crippen molar-refractivity contribution in [3.05, 3.63) is 53.9 Å². The van der Waals surface area contributed by atoms with Crippen LogP contribution in [0.4, 0.5) is 10.3 Å². The van der Waals surface area contributed by atoms with Crippen LogP contribution in [0.25, 0.3) is 10.9 Å². The number of furan rings is 1. The Morgan fingerprint density at radius 3 is 3.00 bits per heavy atom. The first-order valence-corrected chi connectivity index (χ1v) is 9.13. The third-order valence-corrected chi connectivity index (χ3v) is 4.99. The number of nitrogens with zero attached hydrogens (tertiary/aromatic N) is 3. The van der Waals surface area contributed by atoms with Crippen molar-refractivity contribution in [3.8, 4) is 0 Å². The van der Waals surface area contributed by atoms with Crippen molar-refractivity contribution in [1.82, 2.24) is 15.3 Å². The molecule has 1 aromatic carbocycles. The van der Waals surface area contributed by atoms with Gasteiger partial charge in [0.2, 0.25) is 5.95 Å². The van der Waals surface area contributed by atoms with Crippen molar-refractivity contribution in [2.45, 2.75) is 38.8 Å². The van der Waals surface area contributed by atoms with Crippen LogP contribution in [-0.2, 0) is 6.54 Å². The van der Waals surface area contributed by atoms with E-state index in [4.69, 9.17) is 4.42 Å². The predicted octanol–water partition coefficient (Wildman–Crippen LogP) is 3.82. The van der Waals surface area contributed by atoms with E-state index < -0.39 is 0 Å². The molecule has 0 aliphatic carbocycles. The van der Waals surface area contributed by atoms with Crippen molar-refractivity contribution in [2.75, 3.05) is 18.0 Å². The summed E-state index contributed by atoms with van der Waals surface area (Å²) in [6, 6.07) is 9.05. The first kappa shape index (κ1) is 17.0. The third-order valence-electron chi connectivity index (χ3n) is 4.99. The molecule has 26 heavy (non-hydrogen) atoms. The van der Waals surface area contributed by atoms with Gasteiger partial charge >= 0.3 is 0 Å². The molecule has 0 saturated carbocycles. The average Bonchev–Trinajstić information content (AvgIpc) is 3.04. The van der Waals surface area contributed by atoms with Crippen LogP contribution in [0, 0.1) is 12.7 Å². The first-order valence-electron chi connectivity index (χ1n) is 9.13. The molecule has 3 aromatic rings. The molecule has 5 nitrogen and oxygen atoms in total. The van der Waals surface area contributed by atoms with Crippen LogP contribution in [0.5, 0.6) is 0 Å². The lowest BCUT2D eigenvalue weighted by atomic mass is 10.1. The molecule has 3 heterocycles. The van der Waals surface area contributed by atoms with Gasteiger partial charge in [-0.1, -0.05) is 0 Å². The van der Waals surface area contributed by atoms with Gasteiger partial charge in [0.25, 0.3) is 0 Å². The lowest BCUT2D eigenvalue weighted by Gasteiger charge is -2.21. The highest BCUT2D eigenvalue weighted by atomic mass is 19.1. The molecule has 0 radical (unpaired) electrons. The standard InChI is InChI=1S/C20H23FN4O/c1-14-18-12-15(21)6-7-19(18)24-20(23-14)25-9-2-4-16(8-10-25)22-13-17-5-3-11-26-17/h3,5-7,11-12,16,22H,2,4,8-10,13H2,1H3/t16-/m1/s1. The van der Waals surface area contributed by atoms with Crippen LogP contribution >= 0.6 is 0 Å². The largest absolute Gasteiger partial charge is 0.468 e. The van der Waals surface area contributed by atoms with E-state index in [-0.39, 0.29) is 5.82 Å². The molecular formula is C20H23FN4O. The van der Waals surface area contributed by atoms with Crippen LogP contribution in [-0.4, -0.2) is 29.1 Å². The number of anilines is 1. The van der Waals surface area contributed by atoms with Crippen LogP contribution in [0.15, 0.2) is 41.0 Å². The van der Waals surface area contributed by atoms with Gasteiger partial charge in [0.1, 0.15) is 11.6 Å². The van der Waals surface area contributed by atoms with E-state index in [1.807, 2.05) is 19.1 Å². The minimum atomic E-state index is -0.253. The van der Waals surface area contributed by atoms with Crippen molar-refractivity contribution >= 4 is 16.9 Å². The Morgan fingerprint density at radius 2 is 2.15 bits per heavy atom. The van der Waals surface area contributed by atoms with Crippen LogP contribution in [0.3, 0.4) is 0 Å². The van der Waals surface area contributed by atoms with Crippen LogP contribution in [0.2, 0.25) is 0 Å². The number of rotatable bonds is 4. The second-order valence-corrected chi connectivity index (χ2v) is 6.85. The number of aryl methyl sites for hydroxylation is 1. The summed E-state index contributed by atoms with van der Waals surface area (Å²) in [5.74, 6) is 1.46. The fourth-order valence-corrected chi connectivity index (χ4v) is 3.54. The van der Waals surface area contributed by atoms with E-state index in [1.54, 1.807) is 12.3 Å². The summed E-state index contributed by atoms with van der Waals surface area (Å²) in [5, 5.41) is 4.36. The molecule has 4 rings (SSSR count). The number of benzene rings is 1. The highest BCUT2D eigenvalue weighted by Crippen LogP contribution is 2.22. The normalized spacial score (nSPS) is 18.2. The minimum Gasteiger partial charge on any atom is -0.468 e. The van der Waals surface area contributed by atoms with Gasteiger partial charge in [0, 0.05) is 24.5 Å². The maximum atomic E-state index is 13.5. The SMILES string of the molecule is Cc1nc(N2CCC[C@@H](NCc3ccco3)CC2)nc2ccc(F)cc12. The summed E-state index contributed by atoms with van der Waals surface area (Å²) in [6.07, 6.45) is 4.94. The molecular weight excluding hydrogens is 331 g/mol. The molecule has 0 unspecified atom stereocenters. The quantitative estimate of drug-likeness (QED) is 0.772. The van der Waals surface area contributed by atoms with E-state index in [1.165, 1.54) is 12.1 Å². The third kappa shape index (κ3) is 3.70. The fraction of sp³-hybridized carbons (Fsp3) is 0.400. The maximum absolute atomic E-state index is 13.5. The van der Waals surface area contributed by atoms with Crippen molar-refractivity contribution in [1.29, 1.82) is 0 Å². The Bertz CT molecular complexity index is 881. The average molecular weight is 354 g/mol. The number of hydrogen-bond donors (Lipinski definition) is 1. The van der Waals surface area contributed by atoms with Gasteiger partial charge in [-0.25, -0.2) is 14.4 Å². The van der Waals surface area contributed by atoms with E-state index in [2.05, 4.69) is 20.2 Å². The van der Waals surface area contributed by atoms with E-state index in [9.17, 15) is 4.39 Å². The molecule has 2 aromatic heterocycles. The molecule has 1 N–H and O–H groups in total. The lowest BCUT2D eigenvalue weighted by molar-refractivity contribution is 0.422. The Kier molecular flexibility index (Phi) is 4.84. The molecule has 1 aliphatic heterocycles. The number of nitrogens with one attached hydrogen (secondary N) is 1. The summed E-state index contributed by atoms with van der Waals surface area (Å²) < 4.78 is 18.9. The van der Waals surface area contributed by atoms with Crippen LogP contribution in [0.1, 0.15) is 30.7 Å². The second-order valence-electron chi connectivity index (χ2n) is 6.85. The molecule has 0 bridgehead atoms. The Balaban J connectivity index is 1.45. The molecule has 1 aliphatic rings. The van der Waals surface area contributed by atoms with Crippen molar-refractivity contribution in [3.63, 3.8) is 0 Å². The van der Waals surface area contributed by atoms with Gasteiger partial charge in [0.15, 0.2) is 0 Å². The van der Waals surface area contributed by atoms with Gasteiger partial charge < -0.3 is 14.6 Å². The first-order chi connectivity index (χ1) is 12.7. The highest BCUT2D eigenvalue weighted by molar-refractivity contribution is 5.81. The fourth-order valence-electron chi connectivity index (χ4n) is 3.54. The molecule has 0 amide bonds. The van der Waals surface area contributed by atoms with Crippen molar-refractivity contribution < 1.29 is 8.81 Å². The highest BCUT2D eigenvalue weighted by Gasteiger charge is 2.19. The second kappa shape index (κ2) is 7.41. The lowest BCUT2D eigenvalue weighted by Crippen LogP contribution is -2.31. The van der Waals surface area contributed by atoms with Gasteiger partial charge in [-0.2, -0.15) is 0 Å². The Morgan fingerprint density at radius 1 is 1.23 bits per heavy atom.